The van der Waals surface area contributed by atoms with E-state index in [0.29, 0.717) is 0 Å². The number of phenols is 1. The molecule has 1 rings (SSSR count). The molecule has 1 N–H and O–H groups in total. The Bertz CT molecular complexity index is 407. The Balaban J connectivity index is -0.000000259. The summed E-state index contributed by atoms with van der Waals surface area (Å²) in [5, 5.41) is 8.53. The molecule has 0 heterocycles. The fraction of sp³-hybridized carbons (Fsp3) is 0. The summed E-state index contributed by atoms with van der Waals surface area (Å²) < 4.78 is 141. The van der Waals surface area contributed by atoms with Crippen molar-refractivity contribution >= 4 is 21.8 Å². The minimum Gasteiger partial charge on any atom is -0.508 e. The lowest BCUT2D eigenvalue weighted by Gasteiger charge is -1.94. The van der Waals surface area contributed by atoms with Gasteiger partial charge >= 0.3 is 21.8 Å². The van der Waals surface area contributed by atoms with E-state index in [1.165, 1.54) is 0 Å². The number of hydrogen-bond acceptors (Lipinski definition) is 1. The van der Waals surface area contributed by atoms with Gasteiger partial charge in [0.1, 0.15) is 5.75 Å². The summed E-state index contributed by atoms with van der Waals surface area (Å²) in [6, 6.07) is 2.67. The van der Waals surface area contributed by atoms with Crippen molar-refractivity contribution in [1.29, 1.82) is 0 Å². The zero-order valence-electron chi connectivity index (χ0n) is 10.7. The highest BCUT2D eigenvalue weighted by atomic mass is 19.5. The van der Waals surface area contributed by atoms with Gasteiger partial charge in [-0.05, 0) is 12.1 Å². The molecule has 1 aromatic rings. The van der Waals surface area contributed by atoms with E-state index in [9.17, 15) is 60.6 Å². The van der Waals surface area contributed by atoms with Crippen molar-refractivity contribution in [3.63, 3.8) is 0 Å². The number of aromatic hydroxyl groups is 1. The molecule has 0 atom stereocenters. The highest BCUT2D eigenvalue weighted by molar-refractivity contribution is 6.50. The number of benzene rings is 1. The zero-order chi connectivity index (χ0) is 20.4. The van der Waals surface area contributed by atoms with Gasteiger partial charge < -0.3 is 56.9 Å². The first-order valence-electron chi connectivity index (χ1n) is 4.96. The predicted octanol–water partition coefficient (Wildman–Crippen LogP) is 5.57. The fourth-order valence-electron chi connectivity index (χ4n) is 0.485. The van der Waals surface area contributed by atoms with Gasteiger partial charge in [0.05, 0.1) is 0 Å². The van der Waals surface area contributed by atoms with Gasteiger partial charge in [-0.3, -0.25) is 0 Å². The first-order chi connectivity index (χ1) is 10.2. The van der Waals surface area contributed by atoms with E-state index < -0.39 is 33.4 Å². The van der Waals surface area contributed by atoms with Gasteiger partial charge in [-0.2, -0.15) is 0 Å². The molecule has 0 spiro atoms. The van der Waals surface area contributed by atoms with Gasteiger partial charge in [-0.1, -0.05) is 0 Å². The average molecular weight is 391 g/mol. The summed E-state index contributed by atoms with van der Waals surface area (Å²) in [5.74, 6) is -2.25. The molecule has 1 aromatic carbocycles. The van der Waals surface area contributed by atoms with E-state index >= 15 is 0 Å². The molecular formula is C6H4B3F14O-3. The summed E-state index contributed by atoms with van der Waals surface area (Å²) in [6.07, 6.45) is 0. The molecule has 0 radical (unpaired) electrons. The van der Waals surface area contributed by atoms with Gasteiger partial charge in [0.2, 0.25) is 0 Å². The molecule has 0 aliphatic heterocycles. The number of halogens is 14. The average Bonchev–Trinajstić information content (AvgIpc) is 2.16. The molecule has 144 valence electrons. The summed E-state index contributed by atoms with van der Waals surface area (Å²) in [6.45, 7) is 0. The van der Waals surface area contributed by atoms with Crippen LogP contribution in [0.5, 0.6) is 5.75 Å². The highest BCUT2D eigenvalue weighted by Crippen LogP contribution is 2.12. The third kappa shape index (κ3) is 59.3. The Hall–Kier alpha value is -1.77. The first kappa shape index (κ1) is 27.1. The maximum Gasteiger partial charge on any atom is 0.673 e. The molecule has 0 saturated heterocycles. The van der Waals surface area contributed by atoms with Gasteiger partial charge in [-0.25, -0.2) is 8.78 Å². The molecular weight excluding hydrogens is 386 g/mol. The van der Waals surface area contributed by atoms with Gasteiger partial charge in [0.15, 0.2) is 11.6 Å². The number of rotatable bonds is 0. The van der Waals surface area contributed by atoms with Crippen molar-refractivity contribution in [2.75, 3.05) is 0 Å². The van der Waals surface area contributed by atoms with E-state index in [1.807, 2.05) is 0 Å². The van der Waals surface area contributed by atoms with Crippen LogP contribution in [0.25, 0.3) is 0 Å². The second-order valence-corrected chi connectivity index (χ2v) is 3.08. The summed E-state index contributed by atoms with van der Waals surface area (Å²) in [7, 11) is -18.0. The predicted molar refractivity (Wildman–Crippen MR) is 58.6 cm³/mol. The monoisotopic (exact) mass is 391 g/mol. The minimum atomic E-state index is -6.00. The largest absolute Gasteiger partial charge is 0.673 e. The Morgan fingerprint density at radius 3 is 0.958 bits per heavy atom. The smallest absolute Gasteiger partial charge is 0.508 e. The van der Waals surface area contributed by atoms with Gasteiger partial charge in [0.25, 0.3) is 0 Å². The van der Waals surface area contributed by atoms with E-state index in [2.05, 4.69) is 0 Å². The molecule has 0 aliphatic carbocycles. The third-order valence-corrected chi connectivity index (χ3v) is 0.903. The lowest BCUT2D eigenvalue weighted by atomic mass is 10.3. The molecule has 0 aliphatic rings. The third-order valence-electron chi connectivity index (χ3n) is 0.903. The first-order valence-corrected chi connectivity index (χ1v) is 4.96. The van der Waals surface area contributed by atoms with Crippen LogP contribution >= 0.6 is 0 Å². The Kier molecular flexibility index (Phi) is 12.3. The van der Waals surface area contributed by atoms with Crippen molar-refractivity contribution in [1.82, 2.24) is 0 Å². The molecule has 24 heavy (non-hydrogen) atoms. The molecule has 0 fully saturated rings. The van der Waals surface area contributed by atoms with E-state index in [-0.39, 0.29) is 5.75 Å². The lowest BCUT2D eigenvalue weighted by molar-refractivity contribution is 0.366. The maximum absolute atomic E-state index is 12.0. The molecule has 0 unspecified atom stereocenters. The Morgan fingerprint density at radius 1 is 0.542 bits per heavy atom. The van der Waals surface area contributed by atoms with E-state index in [0.717, 1.165) is 18.2 Å². The van der Waals surface area contributed by atoms with Crippen LogP contribution in [0, 0.1) is 11.6 Å². The second-order valence-electron chi connectivity index (χ2n) is 3.08. The van der Waals surface area contributed by atoms with Crippen molar-refractivity contribution in [2.24, 2.45) is 0 Å². The van der Waals surface area contributed by atoms with Crippen LogP contribution in [0.3, 0.4) is 0 Å². The highest BCUT2D eigenvalue weighted by Gasteiger charge is 2.21. The van der Waals surface area contributed by atoms with Gasteiger partial charge in [0, 0.05) is 6.07 Å². The summed E-state index contributed by atoms with van der Waals surface area (Å²) in [5.41, 5.74) is 0. The number of hydrogen-bond donors (Lipinski definition) is 1. The Morgan fingerprint density at radius 2 is 0.792 bits per heavy atom. The van der Waals surface area contributed by atoms with Crippen LogP contribution in [-0.4, -0.2) is 26.9 Å². The molecule has 0 aromatic heterocycles. The van der Waals surface area contributed by atoms with Crippen LogP contribution in [0.2, 0.25) is 0 Å². The molecule has 0 amide bonds. The van der Waals surface area contributed by atoms with E-state index in [1.54, 1.807) is 0 Å². The molecule has 18 heteroatoms. The van der Waals surface area contributed by atoms with Crippen LogP contribution in [0.15, 0.2) is 18.2 Å². The topological polar surface area (TPSA) is 20.2 Å². The SMILES string of the molecule is F[B-](F)(F)F.F[B-](F)(F)F.F[B-](F)(F)F.Oc1ccc(F)c(F)c1. The number of phenolic OH excluding ortho intramolecular Hbond substituents is 1. The molecule has 0 bridgehead atoms. The second kappa shape index (κ2) is 10.9. The van der Waals surface area contributed by atoms with Crippen molar-refractivity contribution in [3.8, 4) is 5.75 Å². The zero-order valence-corrected chi connectivity index (χ0v) is 10.7. The van der Waals surface area contributed by atoms with Crippen LogP contribution in [-0.2, 0) is 0 Å². The quantitative estimate of drug-likeness (QED) is 0.453. The van der Waals surface area contributed by atoms with Crippen molar-refractivity contribution in [3.05, 3.63) is 29.8 Å². The maximum atomic E-state index is 12.0. The van der Waals surface area contributed by atoms with Crippen LogP contribution in [0.1, 0.15) is 0 Å². The van der Waals surface area contributed by atoms with Crippen molar-refractivity contribution in [2.45, 2.75) is 0 Å². The van der Waals surface area contributed by atoms with Gasteiger partial charge in [-0.15, -0.1) is 0 Å². The minimum absolute atomic E-state index is 0.270. The van der Waals surface area contributed by atoms with Crippen LogP contribution < -0.4 is 0 Å². The molecule has 0 saturated carbocycles. The standard InChI is InChI=1S/C6H4F2O.3BF4/c7-5-2-1-4(9)3-6(5)8;3*2-1(3,4)5/h1-3,9H;;;/q;3*-1. The van der Waals surface area contributed by atoms with E-state index in [4.69, 9.17) is 5.11 Å². The lowest BCUT2D eigenvalue weighted by Crippen LogP contribution is -2.02. The molecule has 1 nitrogen and oxygen atoms in total. The fourth-order valence-corrected chi connectivity index (χ4v) is 0.485. The summed E-state index contributed by atoms with van der Waals surface area (Å²) >= 11 is 0. The Labute approximate surface area is 124 Å². The normalized spacial score (nSPS) is 11.1. The van der Waals surface area contributed by atoms with Crippen LogP contribution in [0.4, 0.5) is 60.6 Å². The summed E-state index contributed by atoms with van der Waals surface area (Å²) in [4.78, 5) is 0. The van der Waals surface area contributed by atoms with Crippen molar-refractivity contribution < 1.29 is 65.7 Å².